The van der Waals surface area contributed by atoms with E-state index in [0.29, 0.717) is 25.8 Å². The molecule has 1 saturated heterocycles. The Balaban J connectivity index is 2.26. The fourth-order valence-corrected chi connectivity index (χ4v) is 3.27. The van der Waals surface area contributed by atoms with Gasteiger partial charge in [-0.05, 0) is 37.5 Å². The quantitative estimate of drug-likeness (QED) is 0.919. The van der Waals surface area contributed by atoms with E-state index >= 15 is 0 Å². The molecule has 1 atom stereocenters. The van der Waals surface area contributed by atoms with E-state index in [1.807, 2.05) is 6.92 Å². The third kappa shape index (κ3) is 3.24. The number of piperidine rings is 1. The van der Waals surface area contributed by atoms with Crippen molar-refractivity contribution in [1.29, 1.82) is 0 Å². The van der Waals surface area contributed by atoms with Crippen LogP contribution in [0.5, 0.6) is 0 Å². The molecule has 1 heterocycles. The van der Waals surface area contributed by atoms with Gasteiger partial charge in [-0.15, -0.1) is 0 Å². The molecular weight excluding hydrogens is 309 g/mol. The summed E-state index contributed by atoms with van der Waals surface area (Å²) in [4.78, 5) is 25.6. The lowest BCUT2D eigenvalue weighted by Gasteiger charge is -2.40. The number of carboxylic acid groups (broad SMARTS) is 1. The van der Waals surface area contributed by atoms with Crippen molar-refractivity contribution in [3.8, 4) is 0 Å². The Hall–Kier alpha value is -1.62. The predicted octanol–water partition coefficient (Wildman–Crippen LogP) is 3.59. The number of hydrogen-bond acceptors (Lipinski definition) is 2. The first-order chi connectivity index (χ1) is 10.4. The van der Waals surface area contributed by atoms with Crippen molar-refractivity contribution in [2.45, 2.75) is 32.6 Å². The highest BCUT2D eigenvalue weighted by atomic mass is 35.5. The third-order valence-corrected chi connectivity index (χ3v) is 4.44. The Labute approximate surface area is 133 Å². The van der Waals surface area contributed by atoms with E-state index in [1.165, 1.54) is 17.0 Å². The summed E-state index contributed by atoms with van der Waals surface area (Å²) in [5.74, 6) is -2.03. The summed E-state index contributed by atoms with van der Waals surface area (Å²) in [5, 5.41) is 9.83. The van der Waals surface area contributed by atoms with Gasteiger partial charge in [0.05, 0.1) is 11.0 Å². The second kappa shape index (κ2) is 6.65. The van der Waals surface area contributed by atoms with Crippen molar-refractivity contribution in [2.24, 2.45) is 5.41 Å². The first kappa shape index (κ1) is 16.7. The van der Waals surface area contributed by atoms with E-state index in [0.717, 1.165) is 12.5 Å². The number of aliphatic carboxylic acids is 1. The van der Waals surface area contributed by atoms with Gasteiger partial charge >= 0.3 is 5.97 Å². The van der Waals surface area contributed by atoms with Crippen LogP contribution in [0.3, 0.4) is 0 Å². The Morgan fingerprint density at radius 2 is 2.18 bits per heavy atom. The molecule has 120 valence electrons. The van der Waals surface area contributed by atoms with E-state index in [-0.39, 0.29) is 17.1 Å². The summed E-state index contributed by atoms with van der Waals surface area (Å²) in [6.07, 6.45) is 2.36. The summed E-state index contributed by atoms with van der Waals surface area (Å²) in [5.41, 5.74) is -1.04. The van der Waals surface area contributed by atoms with Crippen molar-refractivity contribution in [2.75, 3.05) is 13.1 Å². The second-order valence-corrected chi connectivity index (χ2v) is 6.23. The Morgan fingerprint density at radius 1 is 1.45 bits per heavy atom. The molecule has 6 heteroatoms. The van der Waals surface area contributed by atoms with Gasteiger partial charge in [0.25, 0.3) is 5.91 Å². The van der Waals surface area contributed by atoms with Crippen LogP contribution >= 0.6 is 11.6 Å². The number of rotatable bonds is 4. The number of carbonyl (C=O) groups excluding carboxylic acids is 1. The third-order valence-electron chi connectivity index (χ3n) is 4.21. The average Bonchev–Trinajstić information content (AvgIpc) is 2.49. The average molecular weight is 328 g/mol. The molecule has 0 saturated carbocycles. The maximum atomic E-state index is 13.9. The van der Waals surface area contributed by atoms with Gasteiger partial charge in [0.15, 0.2) is 0 Å². The summed E-state index contributed by atoms with van der Waals surface area (Å²) >= 11 is 5.82. The van der Waals surface area contributed by atoms with Gasteiger partial charge in [-0.1, -0.05) is 24.9 Å². The van der Waals surface area contributed by atoms with Crippen LogP contribution in [-0.2, 0) is 4.79 Å². The van der Waals surface area contributed by atoms with Crippen LogP contribution < -0.4 is 0 Å². The zero-order valence-electron chi connectivity index (χ0n) is 12.4. The molecule has 22 heavy (non-hydrogen) atoms. The molecule has 2 rings (SSSR count). The predicted molar refractivity (Wildman–Crippen MR) is 81.5 cm³/mol. The summed E-state index contributed by atoms with van der Waals surface area (Å²) in [6, 6.07) is 3.81. The van der Waals surface area contributed by atoms with E-state index in [2.05, 4.69) is 0 Å². The summed E-state index contributed by atoms with van der Waals surface area (Å²) < 4.78 is 13.9. The van der Waals surface area contributed by atoms with Gasteiger partial charge in [-0.25, -0.2) is 4.39 Å². The zero-order chi connectivity index (χ0) is 16.3. The topological polar surface area (TPSA) is 57.6 Å². The largest absolute Gasteiger partial charge is 0.481 e. The van der Waals surface area contributed by atoms with Crippen molar-refractivity contribution >= 4 is 23.5 Å². The number of nitrogens with zero attached hydrogens (tertiary/aromatic N) is 1. The Morgan fingerprint density at radius 3 is 2.82 bits per heavy atom. The number of halogens is 2. The lowest BCUT2D eigenvalue weighted by atomic mass is 9.76. The van der Waals surface area contributed by atoms with Crippen LogP contribution in [0.15, 0.2) is 18.2 Å². The molecule has 0 radical (unpaired) electrons. The first-order valence-corrected chi connectivity index (χ1v) is 7.75. The Kier molecular flexibility index (Phi) is 5.06. The highest BCUT2D eigenvalue weighted by molar-refractivity contribution is 6.31. The van der Waals surface area contributed by atoms with Crippen LogP contribution in [-0.4, -0.2) is 35.0 Å². The van der Waals surface area contributed by atoms with Crippen LogP contribution in [0.2, 0.25) is 5.02 Å². The van der Waals surface area contributed by atoms with E-state index in [9.17, 15) is 19.1 Å². The van der Waals surface area contributed by atoms with Gasteiger partial charge in [0.1, 0.15) is 5.82 Å². The lowest BCUT2D eigenvalue weighted by molar-refractivity contribution is -0.152. The number of carboxylic acids is 1. The summed E-state index contributed by atoms with van der Waals surface area (Å²) in [6.45, 7) is 2.46. The first-order valence-electron chi connectivity index (χ1n) is 7.37. The molecule has 0 aromatic heterocycles. The van der Waals surface area contributed by atoms with E-state index < -0.39 is 23.1 Å². The maximum absolute atomic E-state index is 13.9. The van der Waals surface area contributed by atoms with Crippen molar-refractivity contribution in [3.63, 3.8) is 0 Å². The second-order valence-electron chi connectivity index (χ2n) is 5.79. The van der Waals surface area contributed by atoms with Crippen LogP contribution in [0.25, 0.3) is 0 Å². The van der Waals surface area contributed by atoms with Gasteiger partial charge < -0.3 is 10.0 Å². The minimum absolute atomic E-state index is 0.106. The molecule has 1 amide bonds. The van der Waals surface area contributed by atoms with Crippen LogP contribution in [0.1, 0.15) is 43.0 Å². The van der Waals surface area contributed by atoms with Crippen LogP contribution in [0.4, 0.5) is 4.39 Å². The van der Waals surface area contributed by atoms with Gasteiger partial charge in [-0.3, -0.25) is 9.59 Å². The monoisotopic (exact) mass is 327 g/mol. The highest BCUT2D eigenvalue weighted by Gasteiger charge is 2.43. The number of amides is 1. The molecule has 1 N–H and O–H groups in total. The minimum atomic E-state index is -0.933. The molecule has 1 aliphatic rings. The number of carbonyl (C=O) groups is 2. The highest BCUT2D eigenvalue weighted by Crippen LogP contribution is 2.35. The molecule has 1 fully saturated rings. The van der Waals surface area contributed by atoms with E-state index in [1.54, 1.807) is 0 Å². The fourth-order valence-electron chi connectivity index (χ4n) is 3.10. The van der Waals surface area contributed by atoms with Gasteiger partial charge in [0, 0.05) is 18.1 Å². The molecule has 1 aromatic rings. The number of likely N-dealkylation sites (tertiary alicyclic amines) is 1. The molecule has 0 bridgehead atoms. The standard InChI is InChI=1S/C16H19ClFNO3/c1-2-6-16(15(21)22)7-3-8-19(10-16)14(20)12-9-11(17)4-5-13(12)18/h4-5,9H,2-3,6-8,10H2,1H3,(H,21,22)/t16-/m1/s1. The normalized spacial score (nSPS) is 21.7. The molecule has 1 aromatic carbocycles. The molecular formula is C16H19ClFNO3. The maximum Gasteiger partial charge on any atom is 0.311 e. The lowest BCUT2D eigenvalue weighted by Crippen LogP contribution is -2.50. The minimum Gasteiger partial charge on any atom is -0.481 e. The molecule has 0 aliphatic carbocycles. The Bertz CT molecular complexity index is 589. The number of benzene rings is 1. The number of hydrogen-bond donors (Lipinski definition) is 1. The van der Waals surface area contributed by atoms with Gasteiger partial charge in [0.2, 0.25) is 0 Å². The zero-order valence-corrected chi connectivity index (χ0v) is 13.2. The van der Waals surface area contributed by atoms with Crippen molar-refractivity contribution in [1.82, 2.24) is 4.90 Å². The molecule has 1 aliphatic heterocycles. The van der Waals surface area contributed by atoms with Crippen molar-refractivity contribution < 1.29 is 19.1 Å². The molecule has 0 unspecified atom stereocenters. The molecule has 4 nitrogen and oxygen atoms in total. The smallest absolute Gasteiger partial charge is 0.311 e. The summed E-state index contributed by atoms with van der Waals surface area (Å²) in [7, 11) is 0. The SMILES string of the molecule is CCC[C@@]1(C(=O)O)CCCN(C(=O)c2cc(Cl)ccc2F)C1. The molecule has 0 spiro atoms. The van der Waals surface area contributed by atoms with Gasteiger partial charge in [-0.2, -0.15) is 0 Å². The van der Waals surface area contributed by atoms with E-state index in [4.69, 9.17) is 11.6 Å². The van der Waals surface area contributed by atoms with Crippen molar-refractivity contribution in [3.05, 3.63) is 34.6 Å². The van der Waals surface area contributed by atoms with Crippen LogP contribution in [0, 0.1) is 11.2 Å². The fraction of sp³-hybridized carbons (Fsp3) is 0.500.